The van der Waals surface area contributed by atoms with E-state index in [2.05, 4.69) is 33.9 Å². The number of allylic oxidation sites excluding steroid dienone is 2. The Labute approximate surface area is 127 Å². The number of benzene rings is 2. The summed E-state index contributed by atoms with van der Waals surface area (Å²) in [5.74, 6) is -0.0637. The standard InChI is InChI=1S/C18H15O.C2H4/c1-4-16(15-10-7-8-13(2)12-15)18(19)17-11-6-5-9-14(17)3;1-2/h4-12H,1-3H2;1-2H2/b16-4-;. The van der Waals surface area contributed by atoms with E-state index in [1.807, 2.05) is 42.5 Å². The van der Waals surface area contributed by atoms with E-state index in [0.717, 1.165) is 16.7 Å². The van der Waals surface area contributed by atoms with Crippen LogP contribution in [0.3, 0.4) is 0 Å². The van der Waals surface area contributed by atoms with Crippen molar-refractivity contribution in [3.63, 3.8) is 0 Å². The molecule has 0 heterocycles. The molecule has 2 rings (SSSR count). The van der Waals surface area contributed by atoms with E-state index in [0.29, 0.717) is 11.1 Å². The van der Waals surface area contributed by atoms with E-state index >= 15 is 0 Å². The number of rotatable bonds is 3. The quantitative estimate of drug-likeness (QED) is 0.440. The van der Waals surface area contributed by atoms with Crippen molar-refractivity contribution in [2.75, 3.05) is 0 Å². The van der Waals surface area contributed by atoms with Crippen molar-refractivity contribution < 1.29 is 4.79 Å². The summed E-state index contributed by atoms with van der Waals surface area (Å²) in [5.41, 5.74) is 3.59. The van der Waals surface area contributed by atoms with Gasteiger partial charge in [-0.25, -0.2) is 0 Å². The number of carbonyl (C=O) groups is 1. The van der Waals surface area contributed by atoms with Gasteiger partial charge in [-0.2, -0.15) is 0 Å². The van der Waals surface area contributed by atoms with E-state index in [1.54, 1.807) is 12.1 Å². The van der Waals surface area contributed by atoms with Crippen molar-refractivity contribution in [1.29, 1.82) is 0 Å². The molecule has 2 aromatic rings. The molecule has 0 fully saturated rings. The molecule has 0 unspecified atom stereocenters. The predicted octanol–water partition coefficient (Wildman–Crippen LogP) is 4.95. The van der Waals surface area contributed by atoms with Crippen molar-refractivity contribution >= 4 is 11.4 Å². The highest BCUT2D eigenvalue weighted by atomic mass is 16.1. The fourth-order valence-corrected chi connectivity index (χ4v) is 1.97. The van der Waals surface area contributed by atoms with Crippen molar-refractivity contribution in [2.24, 2.45) is 0 Å². The lowest BCUT2D eigenvalue weighted by molar-refractivity contribution is 0.105. The second kappa shape index (κ2) is 8.01. The minimum absolute atomic E-state index is 0.0637. The van der Waals surface area contributed by atoms with Crippen LogP contribution in [-0.2, 0) is 0 Å². The first-order chi connectivity index (χ1) is 10.1. The molecule has 0 saturated heterocycles. The normalized spacial score (nSPS) is 10.5. The monoisotopic (exact) mass is 275 g/mol. The van der Waals surface area contributed by atoms with Crippen LogP contribution in [0, 0.1) is 20.8 Å². The predicted molar refractivity (Wildman–Crippen MR) is 90.7 cm³/mol. The molecule has 0 saturated carbocycles. The Morgan fingerprint density at radius 1 is 0.952 bits per heavy atom. The van der Waals surface area contributed by atoms with E-state index in [1.165, 1.54) is 0 Å². The van der Waals surface area contributed by atoms with Gasteiger partial charge in [0.15, 0.2) is 5.78 Å². The largest absolute Gasteiger partial charge is 0.289 e. The Bertz CT molecular complexity index is 650. The summed E-state index contributed by atoms with van der Waals surface area (Å²) in [5, 5.41) is 0. The number of ketones is 1. The zero-order valence-corrected chi connectivity index (χ0v) is 12.1. The van der Waals surface area contributed by atoms with Crippen LogP contribution in [0.5, 0.6) is 0 Å². The molecule has 2 aromatic carbocycles. The number of hydrogen-bond acceptors (Lipinski definition) is 1. The van der Waals surface area contributed by atoms with Gasteiger partial charge in [-0.1, -0.05) is 54.6 Å². The summed E-state index contributed by atoms with van der Waals surface area (Å²) in [6, 6.07) is 14.8. The van der Waals surface area contributed by atoms with Crippen LogP contribution in [0.4, 0.5) is 0 Å². The molecule has 0 aliphatic rings. The van der Waals surface area contributed by atoms with E-state index < -0.39 is 0 Å². The molecule has 21 heavy (non-hydrogen) atoms. The van der Waals surface area contributed by atoms with Crippen LogP contribution < -0.4 is 0 Å². The van der Waals surface area contributed by atoms with Crippen molar-refractivity contribution in [3.8, 4) is 0 Å². The summed E-state index contributed by atoms with van der Waals surface area (Å²) in [4.78, 5) is 12.5. The van der Waals surface area contributed by atoms with Crippen LogP contribution in [0.25, 0.3) is 5.57 Å². The van der Waals surface area contributed by atoms with Crippen LogP contribution >= 0.6 is 0 Å². The smallest absolute Gasteiger partial charge is 0.193 e. The van der Waals surface area contributed by atoms with Crippen LogP contribution in [-0.4, -0.2) is 5.78 Å². The van der Waals surface area contributed by atoms with Crippen LogP contribution in [0.1, 0.15) is 27.0 Å². The first kappa shape index (κ1) is 16.6. The summed E-state index contributed by atoms with van der Waals surface area (Å²) < 4.78 is 0. The third-order valence-corrected chi connectivity index (χ3v) is 2.95. The summed E-state index contributed by atoms with van der Waals surface area (Å²) >= 11 is 0. The lowest BCUT2D eigenvalue weighted by Gasteiger charge is -2.09. The van der Waals surface area contributed by atoms with Gasteiger partial charge in [-0.15, -0.1) is 13.2 Å². The van der Waals surface area contributed by atoms with Gasteiger partial charge >= 0.3 is 0 Å². The molecule has 105 valence electrons. The highest BCUT2D eigenvalue weighted by Gasteiger charge is 2.15. The summed E-state index contributed by atoms with van der Waals surface area (Å²) in [6.07, 6.45) is 1.59. The first-order valence-electron chi connectivity index (χ1n) is 6.51. The SMILES string of the molecule is C=C.[CH2]/C=C(\C(=O)c1ccccc1[CH2])c1cccc([CH2])c1. The molecule has 0 aliphatic carbocycles. The van der Waals surface area contributed by atoms with Gasteiger partial charge in [0.25, 0.3) is 0 Å². The Balaban J connectivity index is 0.00000106. The second-order valence-electron chi connectivity index (χ2n) is 4.30. The fourth-order valence-electron chi connectivity index (χ4n) is 1.97. The third kappa shape index (κ3) is 4.03. The average molecular weight is 275 g/mol. The summed E-state index contributed by atoms with van der Waals surface area (Å²) in [7, 11) is 0. The maximum Gasteiger partial charge on any atom is 0.193 e. The Kier molecular flexibility index (Phi) is 6.35. The van der Waals surface area contributed by atoms with Gasteiger partial charge in [-0.3, -0.25) is 4.79 Å². The number of hydrogen-bond donors (Lipinski definition) is 0. The Hall–Kier alpha value is -2.41. The Morgan fingerprint density at radius 2 is 1.62 bits per heavy atom. The molecule has 0 bridgehead atoms. The molecule has 0 N–H and O–H groups in total. The third-order valence-electron chi connectivity index (χ3n) is 2.95. The van der Waals surface area contributed by atoms with Gasteiger partial charge in [0.1, 0.15) is 0 Å². The molecule has 1 heteroatoms. The minimum Gasteiger partial charge on any atom is -0.289 e. The van der Waals surface area contributed by atoms with Gasteiger partial charge in [0.05, 0.1) is 0 Å². The first-order valence-corrected chi connectivity index (χ1v) is 6.51. The molecular weight excluding hydrogens is 256 g/mol. The zero-order chi connectivity index (χ0) is 15.8. The number of carbonyl (C=O) groups excluding carboxylic acids is 1. The van der Waals surface area contributed by atoms with Gasteiger partial charge < -0.3 is 0 Å². The van der Waals surface area contributed by atoms with Gasteiger partial charge in [0, 0.05) is 11.1 Å². The van der Waals surface area contributed by atoms with E-state index in [-0.39, 0.29) is 5.78 Å². The van der Waals surface area contributed by atoms with Crippen LogP contribution in [0.15, 0.2) is 67.8 Å². The maximum atomic E-state index is 12.5. The molecule has 3 radical (unpaired) electrons. The van der Waals surface area contributed by atoms with Gasteiger partial charge in [0.2, 0.25) is 0 Å². The fraction of sp³-hybridized carbons (Fsp3) is 0. The lowest BCUT2D eigenvalue weighted by atomic mass is 9.93. The maximum absolute atomic E-state index is 12.5. The van der Waals surface area contributed by atoms with E-state index in [4.69, 9.17) is 0 Å². The lowest BCUT2D eigenvalue weighted by Crippen LogP contribution is -2.05. The number of Topliss-reactive ketones (excluding diaryl/α,β-unsaturated/α-hetero) is 1. The highest BCUT2D eigenvalue weighted by Crippen LogP contribution is 2.22. The molecule has 0 aromatic heterocycles. The van der Waals surface area contributed by atoms with E-state index in [9.17, 15) is 4.79 Å². The summed E-state index contributed by atoms with van der Waals surface area (Å²) in [6.45, 7) is 17.5. The highest BCUT2D eigenvalue weighted by molar-refractivity contribution is 6.29. The van der Waals surface area contributed by atoms with Gasteiger partial charge in [-0.05, 0) is 37.5 Å². The molecule has 0 spiro atoms. The molecule has 0 atom stereocenters. The Morgan fingerprint density at radius 3 is 2.19 bits per heavy atom. The topological polar surface area (TPSA) is 17.1 Å². The molecular formula is C20H19O. The average Bonchev–Trinajstić information content (AvgIpc) is 2.50. The molecule has 0 amide bonds. The molecule has 0 aliphatic heterocycles. The zero-order valence-electron chi connectivity index (χ0n) is 12.1. The minimum atomic E-state index is -0.0637. The van der Waals surface area contributed by atoms with Crippen molar-refractivity contribution in [2.45, 2.75) is 0 Å². The molecule has 1 nitrogen and oxygen atoms in total. The van der Waals surface area contributed by atoms with Crippen molar-refractivity contribution in [1.82, 2.24) is 0 Å². The van der Waals surface area contributed by atoms with Crippen molar-refractivity contribution in [3.05, 3.63) is 111 Å². The van der Waals surface area contributed by atoms with Crippen LogP contribution in [0.2, 0.25) is 0 Å². The second-order valence-corrected chi connectivity index (χ2v) is 4.30.